The standard InChI is InChI=1S/C11H17ClN2O2S/c1-4-7-11(2,3)14-17(15,16)9-6-5-8-13-10(9)12/h5-6,8,14H,4,7H2,1-3H3. The summed E-state index contributed by atoms with van der Waals surface area (Å²) in [6.07, 6.45) is 3.11. The van der Waals surface area contributed by atoms with Crippen LogP contribution in [-0.4, -0.2) is 18.9 Å². The van der Waals surface area contributed by atoms with E-state index in [1.807, 2.05) is 20.8 Å². The molecule has 1 aromatic rings. The van der Waals surface area contributed by atoms with Crippen LogP contribution in [0.3, 0.4) is 0 Å². The zero-order chi connectivity index (χ0) is 13.1. The van der Waals surface area contributed by atoms with Crippen molar-refractivity contribution in [2.45, 2.75) is 44.0 Å². The van der Waals surface area contributed by atoms with Gasteiger partial charge >= 0.3 is 0 Å². The number of nitrogens with one attached hydrogen (secondary N) is 1. The third kappa shape index (κ3) is 3.94. The van der Waals surface area contributed by atoms with Gasteiger partial charge in [-0.15, -0.1) is 0 Å². The van der Waals surface area contributed by atoms with E-state index in [4.69, 9.17) is 11.6 Å². The molecule has 0 bridgehead atoms. The van der Waals surface area contributed by atoms with Crippen molar-refractivity contribution in [3.05, 3.63) is 23.5 Å². The number of pyridine rings is 1. The maximum atomic E-state index is 12.1. The van der Waals surface area contributed by atoms with Crippen molar-refractivity contribution in [2.24, 2.45) is 0 Å². The Hall–Kier alpha value is -0.650. The van der Waals surface area contributed by atoms with Crippen LogP contribution >= 0.6 is 11.6 Å². The molecule has 0 atom stereocenters. The lowest BCUT2D eigenvalue weighted by atomic mass is 10.0. The molecule has 0 aromatic carbocycles. The lowest BCUT2D eigenvalue weighted by molar-refractivity contribution is 0.417. The molecule has 1 rings (SSSR count). The molecule has 0 saturated heterocycles. The molecule has 0 spiro atoms. The first-order valence-corrected chi connectivity index (χ1v) is 7.29. The molecule has 0 radical (unpaired) electrons. The Bertz CT molecular complexity index is 486. The van der Waals surface area contributed by atoms with E-state index in [2.05, 4.69) is 9.71 Å². The second-order valence-corrected chi connectivity index (χ2v) is 6.54. The molecule has 96 valence electrons. The Balaban J connectivity index is 3.02. The fourth-order valence-electron chi connectivity index (χ4n) is 1.67. The van der Waals surface area contributed by atoms with Gasteiger partial charge in [0.15, 0.2) is 0 Å². The summed E-state index contributed by atoms with van der Waals surface area (Å²) in [5.41, 5.74) is -0.493. The normalized spacial score (nSPS) is 12.7. The molecule has 4 nitrogen and oxygen atoms in total. The van der Waals surface area contributed by atoms with E-state index in [0.717, 1.165) is 12.8 Å². The molecule has 0 aliphatic heterocycles. The Morgan fingerprint density at radius 3 is 2.65 bits per heavy atom. The zero-order valence-corrected chi connectivity index (χ0v) is 11.8. The minimum atomic E-state index is -3.62. The molecule has 0 aliphatic rings. The second-order valence-electron chi connectivity index (χ2n) is 4.53. The first kappa shape index (κ1) is 14.4. The van der Waals surface area contributed by atoms with E-state index in [-0.39, 0.29) is 10.0 Å². The second kappa shape index (κ2) is 5.33. The average Bonchev–Trinajstić information content (AvgIpc) is 2.15. The minimum absolute atomic E-state index is 0.00713. The first-order chi connectivity index (χ1) is 7.78. The van der Waals surface area contributed by atoms with Crippen LogP contribution in [0.2, 0.25) is 5.15 Å². The van der Waals surface area contributed by atoms with Crippen LogP contribution in [0.25, 0.3) is 0 Å². The topological polar surface area (TPSA) is 59.1 Å². The largest absolute Gasteiger partial charge is 0.244 e. The Morgan fingerprint density at radius 2 is 2.12 bits per heavy atom. The van der Waals surface area contributed by atoms with Gasteiger partial charge in [0, 0.05) is 11.7 Å². The van der Waals surface area contributed by atoms with E-state index < -0.39 is 15.6 Å². The highest BCUT2D eigenvalue weighted by Gasteiger charge is 2.27. The van der Waals surface area contributed by atoms with Crippen molar-refractivity contribution in [2.75, 3.05) is 0 Å². The summed E-state index contributed by atoms with van der Waals surface area (Å²) in [5.74, 6) is 0. The number of halogens is 1. The molecule has 1 heterocycles. The third-order valence-electron chi connectivity index (χ3n) is 2.30. The van der Waals surface area contributed by atoms with Crippen molar-refractivity contribution in [3.63, 3.8) is 0 Å². The van der Waals surface area contributed by atoms with Gasteiger partial charge in [0.1, 0.15) is 10.0 Å². The molecule has 17 heavy (non-hydrogen) atoms. The van der Waals surface area contributed by atoms with Crippen molar-refractivity contribution >= 4 is 21.6 Å². The summed E-state index contributed by atoms with van der Waals surface area (Å²) >= 11 is 5.78. The lowest BCUT2D eigenvalue weighted by Crippen LogP contribution is -2.43. The van der Waals surface area contributed by atoms with Crippen LogP contribution in [0, 0.1) is 0 Å². The fourth-order valence-corrected chi connectivity index (χ4v) is 3.56. The summed E-state index contributed by atoms with van der Waals surface area (Å²) in [7, 11) is -3.62. The smallest absolute Gasteiger partial charge is 0.243 e. The van der Waals surface area contributed by atoms with Crippen LogP contribution in [0.5, 0.6) is 0 Å². The predicted octanol–water partition coefficient (Wildman–Crippen LogP) is 2.59. The summed E-state index contributed by atoms with van der Waals surface area (Å²) < 4.78 is 26.9. The summed E-state index contributed by atoms with van der Waals surface area (Å²) in [6, 6.07) is 2.99. The van der Waals surface area contributed by atoms with Crippen molar-refractivity contribution in [1.29, 1.82) is 0 Å². The summed E-state index contributed by atoms with van der Waals surface area (Å²) in [5, 5.41) is -0.00713. The maximum Gasteiger partial charge on any atom is 0.244 e. The molecule has 0 unspecified atom stereocenters. The van der Waals surface area contributed by atoms with Crippen LogP contribution in [-0.2, 0) is 10.0 Å². The highest BCUT2D eigenvalue weighted by molar-refractivity contribution is 7.89. The number of rotatable bonds is 5. The van der Waals surface area contributed by atoms with Crippen LogP contribution in [0.4, 0.5) is 0 Å². The first-order valence-electron chi connectivity index (χ1n) is 5.43. The molecule has 1 N–H and O–H groups in total. The molecule has 0 amide bonds. The quantitative estimate of drug-likeness (QED) is 0.841. The number of nitrogens with zero attached hydrogens (tertiary/aromatic N) is 1. The summed E-state index contributed by atoms with van der Waals surface area (Å²) in [6.45, 7) is 5.70. The van der Waals surface area contributed by atoms with Gasteiger partial charge in [-0.2, -0.15) is 0 Å². The van der Waals surface area contributed by atoms with Gasteiger partial charge < -0.3 is 0 Å². The number of sulfonamides is 1. The molecule has 1 aromatic heterocycles. The van der Waals surface area contributed by atoms with Crippen LogP contribution in [0.1, 0.15) is 33.6 Å². The van der Waals surface area contributed by atoms with E-state index in [1.165, 1.54) is 12.3 Å². The van der Waals surface area contributed by atoms with Crippen molar-refractivity contribution < 1.29 is 8.42 Å². The number of hydrogen-bond acceptors (Lipinski definition) is 3. The number of hydrogen-bond donors (Lipinski definition) is 1. The van der Waals surface area contributed by atoms with Crippen molar-refractivity contribution in [3.8, 4) is 0 Å². The zero-order valence-electron chi connectivity index (χ0n) is 10.2. The Labute approximate surface area is 107 Å². The minimum Gasteiger partial charge on any atom is -0.243 e. The van der Waals surface area contributed by atoms with Crippen molar-refractivity contribution in [1.82, 2.24) is 9.71 Å². The maximum absolute atomic E-state index is 12.1. The molecule has 6 heteroatoms. The Kier molecular flexibility index (Phi) is 4.52. The molecular weight excluding hydrogens is 260 g/mol. The predicted molar refractivity (Wildman–Crippen MR) is 68.6 cm³/mol. The molecule has 0 saturated carbocycles. The fraction of sp³-hybridized carbons (Fsp3) is 0.545. The van der Waals surface area contributed by atoms with Crippen LogP contribution in [0.15, 0.2) is 23.2 Å². The van der Waals surface area contributed by atoms with E-state index >= 15 is 0 Å². The van der Waals surface area contributed by atoms with Gasteiger partial charge in [0.05, 0.1) is 0 Å². The summed E-state index contributed by atoms with van der Waals surface area (Å²) in [4.78, 5) is 3.79. The van der Waals surface area contributed by atoms with E-state index in [0.29, 0.717) is 0 Å². The van der Waals surface area contributed by atoms with E-state index in [1.54, 1.807) is 6.07 Å². The van der Waals surface area contributed by atoms with Crippen LogP contribution < -0.4 is 4.72 Å². The molecule has 0 aliphatic carbocycles. The van der Waals surface area contributed by atoms with Gasteiger partial charge in [-0.3, -0.25) is 0 Å². The SMILES string of the molecule is CCCC(C)(C)NS(=O)(=O)c1cccnc1Cl. The van der Waals surface area contributed by atoms with Gasteiger partial charge in [-0.25, -0.2) is 18.1 Å². The third-order valence-corrected chi connectivity index (χ3v) is 4.44. The van der Waals surface area contributed by atoms with Gasteiger partial charge in [0.25, 0.3) is 0 Å². The van der Waals surface area contributed by atoms with E-state index in [9.17, 15) is 8.42 Å². The number of aromatic nitrogens is 1. The molecular formula is C11H17ClN2O2S. The lowest BCUT2D eigenvalue weighted by Gasteiger charge is -2.25. The Morgan fingerprint density at radius 1 is 1.47 bits per heavy atom. The highest BCUT2D eigenvalue weighted by atomic mass is 35.5. The highest BCUT2D eigenvalue weighted by Crippen LogP contribution is 2.21. The van der Waals surface area contributed by atoms with Gasteiger partial charge in [0.2, 0.25) is 10.0 Å². The van der Waals surface area contributed by atoms with Gasteiger partial charge in [-0.05, 0) is 32.4 Å². The monoisotopic (exact) mass is 276 g/mol. The average molecular weight is 277 g/mol. The van der Waals surface area contributed by atoms with Gasteiger partial charge in [-0.1, -0.05) is 24.9 Å². The molecule has 0 fully saturated rings.